The van der Waals surface area contributed by atoms with Gasteiger partial charge < -0.3 is 13.9 Å². The summed E-state index contributed by atoms with van der Waals surface area (Å²) in [6, 6.07) is 55.3. The molecule has 0 radical (unpaired) electrons. The van der Waals surface area contributed by atoms with Gasteiger partial charge in [-0.15, -0.1) is 12.1 Å². The molecule has 0 saturated carbocycles. The summed E-state index contributed by atoms with van der Waals surface area (Å²) in [5, 5.41) is 17.8. The fourth-order valence-electron chi connectivity index (χ4n) is 10.9. The predicted molar refractivity (Wildman–Crippen MR) is 292 cm³/mol. The number of pyridine rings is 1. The van der Waals surface area contributed by atoms with Crippen LogP contribution >= 0.6 is 0 Å². The molecule has 0 spiro atoms. The molecule has 0 unspecified atom stereocenters. The Hall–Kier alpha value is -7.01. The van der Waals surface area contributed by atoms with E-state index < -0.39 is 0 Å². The molecule has 0 amide bonds. The van der Waals surface area contributed by atoms with Crippen LogP contribution in [0.15, 0.2) is 150 Å². The van der Waals surface area contributed by atoms with Gasteiger partial charge in [-0.2, -0.15) is 0 Å². The van der Waals surface area contributed by atoms with Crippen LogP contribution in [-0.2, 0) is 31.9 Å². The van der Waals surface area contributed by atoms with Crippen molar-refractivity contribution in [3.05, 3.63) is 174 Å². The Labute approximate surface area is 429 Å². The summed E-state index contributed by atoms with van der Waals surface area (Å²) < 4.78 is 11.3. The number of hydrogen-bond acceptors (Lipinski definition) is 4. The van der Waals surface area contributed by atoms with Gasteiger partial charge in [0.05, 0.1) is 44.5 Å². The van der Waals surface area contributed by atoms with Crippen molar-refractivity contribution in [3.8, 4) is 45.1 Å². The van der Waals surface area contributed by atoms with E-state index in [2.05, 4.69) is 218 Å². The summed E-state index contributed by atoms with van der Waals surface area (Å²) in [6.45, 7) is 22.4. The fourth-order valence-corrected chi connectivity index (χ4v) is 10.9. The molecule has 4 aromatic heterocycles. The number of phenols is 1. The number of benzene rings is 8. The number of phenolic OH excluding ortho intramolecular Hbond substituents is 1. The second kappa shape index (κ2) is 16.8. The van der Waals surface area contributed by atoms with Crippen LogP contribution < -0.4 is 0 Å². The molecule has 0 bridgehead atoms. The predicted octanol–water partition coefficient (Wildman–Crippen LogP) is 17.4. The molecule has 8 aromatic carbocycles. The Morgan fingerprint density at radius 1 is 0.577 bits per heavy atom. The average Bonchev–Trinajstić information content (AvgIpc) is 4.05. The first-order valence-electron chi connectivity index (χ1n) is 24.7. The molecule has 12 rings (SSSR count). The monoisotopic (exact) mass is 1110 g/mol. The van der Waals surface area contributed by atoms with Crippen molar-refractivity contribution in [2.45, 2.75) is 91.9 Å². The van der Waals surface area contributed by atoms with E-state index in [9.17, 15) is 5.11 Å². The van der Waals surface area contributed by atoms with Gasteiger partial charge in [0.1, 0.15) is 17.2 Å². The Balaban J connectivity index is 0.00000547. The molecule has 12 aromatic rings. The normalized spacial score (nSPS) is 12.6. The van der Waals surface area contributed by atoms with Crippen LogP contribution in [0.4, 0.5) is 0 Å². The maximum absolute atomic E-state index is 12.7. The molecule has 0 atom stereocenters. The minimum Gasteiger partial charge on any atom is -0.507 e. The van der Waals surface area contributed by atoms with Gasteiger partial charge in [0.2, 0.25) is 0 Å². The summed E-state index contributed by atoms with van der Waals surface area (Å²) in [7, 11) is 0. The van der Waals surface area contributed by atoms with E-state index in [-0.39, 0.29) is 49.5 Å². The molecular weight excluding hydrogens is 1050 g/mol. The molecule has 71 heavy (non-hydrogen) atoms. The second-order valence-corrected chi connectivity index (χ2v) is 21.9. The topological polar surface area (TPSA) is 68.5 Å². The van der Waals surface area contributed by atoms with E-state index in [0.717, 1.165) is 99.3 Å². The van der Waals surface area contributed by atoms with E-state index >= 15 is 0 Å². The van der Waals surface area contributed by atoms with Gasteiger partial charge in [-0.05, 0) is 104 Å². The Bertz CT molecular complexity index is 4070. The molecule has 0 saturated heterocycles. The van der Waals surface area contributed by atoms with E-state index in [0.29, 0.717) is 11.4 Å². The summed E-state index contributed by atoms with van der Waals surface area (Å²) in [5.74, 6) is 1.29. The summed E-state index contributed by atoms with van der Waals surface area (Å²) in [4.78, 5) is 11.4. The zero-order valence-corrected chi connectivity index (χ0v) is 44.2. The van der Waals surface area contributed by atoms with Gasteiger partial charge in [0, 0.05) is 43.3 Å². The minimum absolute atomic E-state index is 0. The largest absolute Gasteiger partial charge is 0.507 e. The average molecular weight is 1110 g/mol. The van der Waals surface area contributed by atoms with Crippen LogP contribution in [0.2, 0.25) is 0 Å². The van der Waals surface area contributed by atoms with Gasteiger partial charge in [0.15, 0.2) is 0 Å². The molecule has 0 aliphatic carbocycles. The summed E-state index contributed by atoms with van der Waals surface area (Å²) in [5.41, 5.74) is 17.3. The first kappa shape index (κ1) is 46.4. The fraction of sp³-hybridized carbons (Fsp3) is 0.219. The number of furan rings is 1. The third kappa shape index (κ3) is 7.23. The SMILES string of the molecule is CC(C)c1cc(-c2ccccc2)cc(C(C)C)c1-n1c(-c2cc(C(C)(C)C)cc(C(C)(C)C)c2O)nc2c(-c3cccc4c3nc3c5[c-]cc6c7ccccc7oc6c5c5ccccc5n43)cccc21.[Pt]. The molecule has 1 N–H and O–H groups in total. The van der Waals surface area contributed by atoms with Gasteiger partial charge in [-0.1, -0.05) is 182 Å². The van der Waals surface area contributed by atoms with Gasteiger partial charge in [-0.25, -0.2) is 4.98 Å². The zero-order chi connectivity index (χ0) is 48.5. The third-order valence-electron chi connectivity index (χ3n) is 14.5. The number of para-hydroxylation sites is 4. The van der Waals surface area contributed by atoms with Crippen LogP contribution in [-0.4, -0.2) is 24.0 Å². The van der Waals surface area contributed by atoms with Crippen LogP contribution in [0, 0.1) is 6.07 Å². The molecule has 0 fully saturated rings. The number of fused-ring (bicyclic) bond motifs is 13. The summed E-state index contributed by atoms with van der Waals surface area (Å²) >= 11 is 0. The van der Waals surface area contributed by atoms with E-state index in [1.165, 1.54) is 22.3 Å². The van der Waals surface area contributed by atoms with Crippen LogP contribution in [0.1, 0.15) is 103 Å². The Morgan fingerprint density at radius 3 is 1.85 bits per heavy atom. The molecule has 4 heterocycles. The Morgan fingerprint density at radius 2 is 1.18 bits per heavy atom. The van der Waals surface area contributed by atoms with Crippen molar-refractivity contribution in [3.63, 3.8) is 0 Å². The van der Waals surface area contributed by atoms with Crippen LogP contribution in [0.5, 0.6) is 5.75 Å². The van der Waals surface area contributed by atoms with Crippen molar-refractivity contribution in [1.82, 2.24) is 18.9 Å². The smallest absolute Gasteiger partial charge is 0.149 e. The van der Waals surface area contributed by atoms with E-state index in [1.807, 2.05) is 12.1 Å². The standard InChI is InChI=1S/C64H57N4O2.Pt/c1-36(2)47-32-39(38-20-12-11-13-21-38)33-48(37(3)4)58(47)68-53-28-19-25-43(57(53)66-62(68)49-34-40(63(5,6)7)35-50(59(49)69)64(8,9)10)42-24-18-27-52-56(42)65-61-46-31-30-44-41-22-15-17-29-54(41)70-60(44)55(46)45-23-14-16-26-51(45)67(52)61;/h11-30,32-37,69H,1-10H3;/q-1;. The van der Waals surface area contributed by atoms with Crippen LogP contribution in [0.25, 0.3) is 111 Å². The minimum atomic E-state index is -0.341. The summed E-state index contributed by atoms with van der Waals surface area (Å²) in [6.07, 6.45) is 0. The van der Waals surface area contributed by atoms with Crippen molar-refractivity contribution in [2.75, 3.05) is 0 Å². The maximum Gasteiger partial charge on any atom is 0.149 e. The molecular formula is C64H57N4O2Pt-. The van der Waals surface area contributed by atoms with Crippen molar-refractivity contribution < 1.29 is 30.6 Å². The molecule has 0 aliphatic rings. The van der Waals surface area contributed by atoms with Crippen molar-refractivity contribution >= 4 is 71.3 Å². The zero-order valence-electron chi connectivity index (χ0n) is 42.0. The van der Waals surface area contributed by atoms with Gasteiger partial charge in [-0.3, -0.25) is 9.55 Å². The van der Waals surface area contributed by atoms with Gasteiger partial charge in [0.25, 0.3) is 0 Å². The van der Waals surface area contributed by atoms with Gasteiger partial charge >= 0.3 is 0 Å². The molecule has 0 aliphatic heterocycles. The number of hydrogen-bond donors (Lipinski definition) is 1. The third-order valence-corrected chi connectivity index (χ3v) is 14.5. The van der Waals surface area contributed by atoms with Crippen LogP contribution in [0.3, 0.4) is 0 Å². The van der Waals surface area contributed by atoms with Crippen molar-refractivity contribution in [1.29, 1.82) is 0 Å². The quantitative estimate of drug-likeness (QED) is 0.133. The first-order chi connectivity index (χ1) is 33.6. The number of aromatic hydroxyl groups is 1. The molecule has 6 nitrogen and oxygen atoms in total. The molecule has 7 heteroatoms. The van der Waals surface area contributed by atoms with E-state index in [1.54, 1.807) is 0 Å². The first-order valence-corrected chi connectivity index (χ1v) is 24.7. The number of imidazole rings is 2. The number of rotatable bonds is 6. The second-order valence-electron chi connectivity index (χ2n) is 21.9. The number of nitrogens with zero attached hydrogens (tertiary/aromatic N) is 4. The van der Waals surface area contributed by atoms with Crippen molar-refractivity contribution in [2.24, 2.45) is 0 Å². The maximum atomic E-state index is 12.7. The number of aromatic nitrogens is 4. The molecule has 356 valence electrons. The van der Waals surface area contributed by atoms with E-state index in [4.69, 9.17) is 14.4 Å². The Kier molecular flexibility index (Phi) is 11.0.